The zero-order chi connectivity index (χ0) is 9.97. The molecule has 14 heavy (non-hydrogen) atoms. The fourth-order valence-corrected chi connectivity index (χ4v) is 1.70. The molecule has 2 aliphatic rings. The van der Waals surface area contributed by atoms with E-state index in [0.717, 1.165) is 37.4 Å². The van der Waals surface area contributed by atoms with Gasteiger partial charge in [0.25, 0.3) is 0 Å². The van der Waals surface area contributed by atoms with Gasteiger partial charge in [0.05, 0.1) is 18.8 Å². The van der Waals surface area contributed by atoms with Gasteiger partial charge in [0.1, 0.15) is 6.61 Å². The second kappa shape index (κ2) is 4.11. The molecule has 0 spiro atoms. The number of nitrogens with zero attached hydrogens (tertiary/aromatic N) is 1. The van der Waals surface area contributed by atoms with E-state index in [4.69, 9.17) is 9.47 Å². The lowest BCUT2D eigenvalue weighted by molar-refractivity contribution is -0.136. The van der Waals surface area contributed by atoms with E-state index in [1.807, 2.05) is 6.92 Å². The fourth-order valence-electron chi connectivity index (χ4n) is 1.70. The molecule has 0 bridgehead atoms. The summed E-state index contributed by atoms with van der Waals surface area (Å²) in [6.45, 7) is 6.49. The fraction of sp³-hybridized carbons (Fsp3) is 0.700. The molecule has 0 radical (unpaired) electrons. The summed E-state index contributed by atoms with van der Waals surface area (Å²) in [6.07, 6.45) is 0. The van der Waals surface area contributed by atoms with Crippen LogP contribution in [0.2, 0.25) is 0 Å². The maximum Gasteiger partial charge on any atom is 0.335 e. The van der Waals surface area contributed by atoms with Crippen LogP contribution in [0, 0.1) is 0 Å². The Hall–Kier alpha value is -0.870. The molecule has 0 amide bonds. The number of rotatable bonds is 2. The lowest BCUT2D eigenvalue weighted by Gasteiger charge is -2.26. The van der Waals surface area contributed by atoms with Crippen molar-refractivity contribution < 1.29 is 14.3 Å². The molecule has 0 aromatic heterocycles. The zero-order valence-electron chi connectivity index (χ0n) is 8.41. The first-order chi connectivity index (χ1) is 6.77. The standard InChI is InChI=1S/C10H15NO3/c1-8-7-14-10(12)9(8)6-11-2-4-13-5-3-11/h2-7H2,1H3. The molecule has 0 aliphatic carbocycles. The molecular weight excluding hydrogens is 182 g/mol. The second-order valence-corrected chi connectivity index (χ2v) is 3.72. The lowest BCUT2D eigenvalue weighted by atomic mass is 10.1. The van der Waals surface area contributed by atoms with Crippen LogP contribution in [0.15, 0.2) is 11.1 Å². The highest BCUT2D eigenvalue weighted by molar-refractivity contribution is 5.92. The number of cyclic esters (lactones) is 1. The van der Waals surface area contributed by atoms with Gasteiger partial charge in [-0.1, -0.05) is 0 Å². The minimum atomic E-state index is -0.144. The molecule has 1 fully saturated rings. The van der Waals surface area contributed by atoms with Crippen molar-refractivity contribution in [2.75, 3.05) is 39.5 Å². The Labute approximate surface area is 83.5 Å². The minimum Gasteiger partial charge on any atom is -0.458 e. The van der Waals surface area contributed by atoms with Crippen LogP contribution in [0.3, 0.4) is 0 Å². The molecule has 78 valence electrons. The van der Waals surface area contributed by atoms with E-state index in [2.05, 4.69) is 4.90 Å². The summed E-state index contributed by atoms with van der Waals surface area (Å²) in [6, 6.07) is 0. The molecule has 0 aromatic carbocycles. The predicted octanol–water partition coefficient (Wildman–Crippen LogP) is 0.192. The van der Waals surface area contributed by atoms with Gasteiger partial charge < -0.3 is 9.47 Å². The third kappa shape index (κ3) is 1.96. The van der Waals surface area contributed by atoms with Crippen LogP contribution >= 0.6 is 0 Å². The molecule has 0 atom stereocenters. The Morgan fingerprint density at radius 3 is 2.64 bits per heavy atom. The Morgan fingerprint density at radius 1 is 1.36 bits per heavy atom. The van der Waals surface area contributed by atoms with Crippen molar-refractivity contribution >= 4 is 5.97 Å². The number of hydrogen-bond donors (Lipinski definition) is 0. The third-order valence-electron chi connectivity index (χ3n) is 2.67. The van der Waals surface area contributed by atoms with Gasteiger partial charge in [-0.25, -0.2) is 4.79 Å². The first kappa shape index (κ1) is 9.68. The van der Waals surface area contributed by atoms with Crippen LogP contribution in [-0.4, -0.2) is 50.3 Å². The highest BCUT2D eigenvalue weighted by Crippen LogP contribution is 2.16. The molecule has 2 heterocycles. The van der Waals surface area contributed by atoms with E-state index in [1.165, 1.54) is 0 Å². The van der Waals surface area contributed by atoms with E-state index >= 15 is 0 Å². The second-order valence-electron chi connectivity index (χ2n) is 3.72. The Morgan fingerprint density at radius 2 is 2.07 bits per heavy atom. The van der Waals surface area contributed by atoms with Crippen LogP contribution in [0.4, 0.5) is 0 Å². The SMILES string of the molecule is CC1=C(CN2CCOCC2)C(=O)OC1. The van der Waals surface area contributed by atoms with Crippen LogP contribution in [0.5, 0.6) is 0 Å². The number of hydrogen-bond acceptors (Lipinski definition) is 4. The summed E-state index contributed by atoms with van der Waals surface area (Å²) in [5.41, 5.74) is 1.91. The highest BCUT2D eigenvalue weighted by Gasteiger charge is 2.24. The van der Waals surface area contributed by atoms with Crippen LogP contribution in [0.1, 0.15) is 6.92 Å². The van der Waals surface area contributed by atoms with Crippen molar-refractivity contribution in [3.63, 3.8) is 0 Å². The zero-order valence-corrected chi connectivity index (χ0v) is 8.41. The maximum absolute atomic E-state index is 11.3. The van der Waals surface area contributed by atoms with Crippen LogP contribution in [0.25, 0.3) is 0 Å². The van der Waals surface area contributed by atoms with Gasteiger partial charge >= 0.3 is 5.97 Å². The summed E-state index contributed by atoms with van der Waals surface area (Å²) in [4.78, 5) is 13.6. The van der Waals surface area contributed by atoms with E-state index in [-0.39, 0.29) is 5.97 Å². The molecule has 4 heteroatoms. The molecule has 2 aliphatic heterocycles. The number of carbonyl (C=O) groups excluding carboxylic acids is 1. The van der Waals surface area contributed by atoms with Crippen molar-refractivity contribution in [2.45, 2.75) is 6.92 Å². The summed E-state index contributed by atoms with van der Waals surface area (Å²) in [5, 5.41) is 0. The van der Waals surface area contributed by atoms with E-state index in [9.17, 15) is 4.79 Å². The molecule has 2 rings (SSSR count). The summed E-state index contributed by atoms with van der Waals surface area (Å²) in [5.74, 6) is -0.144. The number of morpholine rings is 1. The monoisotopic (exact) mass is 197 g/mol. The molecule has 0 aromatic rings. The Kier molecular flexibility index (Phi) is 2.84. The number of esters is 1. The molecular formula is C10H15NO3. The van der Waals surface area contributed by atoms with Gasteiger partial charge in [0, 0.05) is 19.6 Å². The normalized spacial score (nSPS) is 24.2. The van der Waals surface area contributed by atoms with Crippen LogP contribution < -0.4 is 0 Å². The first-order valence-corrected chi connectivity index (χ1v) is 4.93. The Bertz CT molecular complexity index is 267. The van der Waals surface area contributed by atoms with Gasteiger partial charge in [0.15, 0.2) is 0 Å². The predicted molar refractivity (Wildman–Crippen MR) is 50.9 cm³/mol. The average Bonchev–Trinajstić information content (AvgIpc) is 2.51. The largest absolute Gasteiger partial charge is 0.458 e. The summed E-state index contributed by atoms with van der Waals surface area (Å²) >= 11 is 0. The quantitative estimate of drug-likeness (QED) is 0.592. The van der Waals surface area contributed by atoms with E-state index < -0.39 is 0 Å². The molecule has 0 unspecified atom stereocenters. The van der Waals surface area contributed by atoms with Gasteiger partial charge in [-0.2, -0.15) is 0 Å². The van der Waals surface area contributed by atoms with Gasteiger partial charge in [-0.05, 0) is 12.5 Å². The number of ether oxygens (including phenoxy) is 2. The summed E-state index contributed by atoms with van der Waals surface area (Å²) in [7, 11) is 0. The maximum atomic E-state index is 11.3. The van der Waals surface area contributed by atoms with Crippen molar-refractivity contribution in [1.82, 2.24) is 4.90 Å². The topological polar surface area (TPSA) is 38.8 Å². The van der Waals surface area contributed by atoms with Crippen molar-refractivity contribution in [1.29, 1.82) is 0 Å². The van der Waals surface area contributed by atoms with Gasteiger partial charge in [0.2, 0.25) is 0 Å². The first-order valence-electron chi connectivity index (χ1n) is 4.93. The van der Waals surface area contributed by atoms with Gasteiger partial charge in [-0.3, -0.25) is 4.90 Å². The summed E-state index contributed by atoms with van der Waals surface area (Å²) < 4.78 is 10.2. The Balaban J connectivity index is 1.95. The van der Waals surface area contributed by atoms with Crippen molar-refractivity contribution in [2.24, 2.45) is 0 Å². The van der Waals surface area contributed by atoms with Crippen molar-refractivity contribution in [3.8, 4) is 0 Å². The smallest absolute Gasteiger partial charge is 0.335 e. The van der Waals surface area contributed by atoms with Crippen LogP contribution in [-0.2, 0) is 14.3 Å². The van der Waals surface area contributed by atoms with Crippen molar-refractivity contribution in [3.05, 3.63) is 11.1 Å². The average molecular weight is 197 g/mol. The van der Waals surface area contributed by atoms with E-state index in [0.29, 0.717) is 13.2 Å². The highest BCUT2D eigenvalue weighted by atomic mass is 16.5. The van der Waals surface area contributed by atoms with E-state index in [1.54, 1.807) is 0 Å². The third-order valence-corrected chi connectivity index (χ3v) is 2.67. The van der Waals surface area contributed by atoms with Gasteiger partial charge in [-0.15, -0.1) is 0 Å². The molecule has 4 nitrogen and oxygen atoms in total. The number of carbonyl (C=O) groups is 1. The minimum absolute atomic E-state index is 0.144. The lowest BCUT2D eigenvalue weighted by Crippen LogP contribution is -2.38. The molecule has 0 N–H and O–H groups in total. The molecule has 1 saturated heterocycles. The molecule has 0 saturated carbocycles.